The Labute approximate surface area is 114 Å². The summed E-state index contributed by atoms with van der Waals surface area (Å²) >= 11 is 0. The first-order valence-electron chi connectivity index (χ1n) is 6.72. The van der Waals surface area contributed by atoms with Crippen LogP contribution < -0.4 is 10.5 Å². The van der Waals surface area contributed by atoms with Crippen LogP contribution in [0.25, 0.3) is 0 Å². The minimum absolute atomic E-state index is 0.0280. The van der Waals surface area contributed by atoms with E-state index in [9.17, 15) is 4.79 Å². The first kappa shape index (κ1) is 13.9. The van der Waals surface area contributed by atoms with Gasteiger partial charge in [0.25, 0.3) is 0 Å². The van der Waals surface area contributed by atoms with E-state index >= 15 is 0 Å². The van der Waals surface area contributed by atoms with Crippen molar-refractivity contribution >= 4 is 5.91 Å². The van der Waals surface area contributed by atoms with Crippen molar-refractivity contribution in [1.29, 1.82) is 0 Å². The Bertz CT molecular complexity index is 444. The molecule has 4 heteroatoms. The number of nitrogens with two attached hydrogens (primary N) is 1. The average molecular weight is 262 g/mol. The molecule has 1 unspecified atom stereocenters. The predicted octanol–water partition coefficient (Wildman–Crippen LogP) is 1.78. The number of nitrogens with zero attached hydrogens (tertiary/aromatic N) is 1. The molecule has 1 saturated carbocycles. The number of amides is 1. The highest BCUT2D eigenvalue weighted by Gasteiger charge is 2.30. The summed E-state index contributed by atoms with van der Waals surface area (Å²) < 4.78 is 5.18. The number of carbonyl (C=O) groups is 1. The summed E-state index contributed by atoms with van der Waals surface area (Å²) in [7, 11) is 3.46. The SMILES string of the molecule is COc1cccc(CN(C)C(=O)CC(N)C2CC2)c1. The lowest BCUT2D eigenvalue weighted by Gasteiger charge is -2.20. The van der Waals surface area contributed by atoms with E-state index in [0.717, 1.165) is 11.3 Å². The standard InChI is InChI=1S/C15H22N2O2/c1-17(15(18)9-14(16)12-6-7-12)10-11-4-3-5-13(8-11)19-2/h3-5,8,12,14H,6-7,9-10,16H2,1-2H3. The predicted molar refractivity (Wildman–Crippen MR) is 74.8 cm³/mol. The Hall–Kier alpha value is -1.55. The van der Waals surface area contributed by atoms with E-state index in [2.05, 4.69) is 0 Å². The molecular weight excluding hydrogens is 240 g/mol. The Kier molecular flexibility index (Phi) is 4.43. The summed E-state index contributed by atoms with van der Waals surface area (Å²) in [5.41, 5.74) is 7.05. The molecule has 19 heavy (non-hydrogen) atoms. The monoisotopic (exact) mass is 262 g/mol. The van der Waals surface area contributed by atoms with E-state index in [1.54, 1.807) is 12.0 Å². The van der Waals surface area contributed by atoms with E-state index in [-0.39, 0.29) is 11.9 Å². The smallest absolute Gasteiger partial charge is 0.224 e. The van der Waals surface area contributed by atoms with Crippen LogP contribution in [0.1, 0.15) is 24.8 Å². The van der Waals surface area contributed by atoms with Gasteiger partial charge in [0.05, 0.1) is 7.11 Å². The number of hydrogen-bond acceptors (Lipinski definition) is 3. The van der Waals surface area contributed by atoms with Crippen molar-refractivity contribution in [2.45, 2.75) is 31.8 Å². The molecule has 0 spiro atoms. The van der Waals surface area contributed by atoms with Gasteiger partial charge in [-0.25, -0.2) is 0 Å². The van der Waals surface area contributed by atoms with Gasteiger partial charge in [-0.05, 0) is 36.5 Å². The number of hydrogen-bond donors (Lipinski definition) is 1. The molecule has 1 atom stereocenters. The summed E-state index contributed by atoms with van der Waals surface area (Å²) in [5.74, 6) is 1.49. The zero-order valence-corrected chi connectivity index (χ0v) is 11.6. The lowest BCUT2D eigenvalue weighted by atomic mass is 10.1. The molecule has 0 aromatic heterocycles. The largest absolute Gasteiger partial charge is 0.497 e. The van der Waals surface area contributed by atoms with Gasteiger partial charge < -0.3 is 15.4 Å². The van der Waals surface area contributed by atoms with Crippen molar-refractivity contribution in [3.05, 3.63) is 29.8 Å². The van der Waals surface area contributed by atoms with Crippen molar-refractivity contribution in [2.24, 2.45) is 11.7 Å². The normalized spacial score (nSPS) is 15.9. The van der Waals surface area contributed by atoms with Crippen LogP contribution in [-0.4, -0.2) is 31.0 Å². The quantitative estimate of drug-likeness (QED) is 0.850. The second-order valence-electron chi connectivity index (χ2n) is 5.31. The molecule has 1 amide bonds. The number of ether oxygens (including phenoxy) is 1. The molecule has 1 fully saturated rings. The summed E-state index contributed by atoms with van der Waals surface area (Å²) in [6.07, 6.45) is 2.80. The Morgan fingerprint density at radius 2 is 2.26 bits per heavy atom. The number of benzene rings is 1. The summed E-state index contributed by atoms with van der Waals surface area (Å²) in [6, 6.07) is 7.80. The van der Waals surface area contributed by atoms with Gasteiger partial charge in [0.2, 0.25) is 5.91 Å². The van der Waals surface area contributed by atoms with E-state index in [4.69, 9.17) is 10.5 Å². The molecule has 0 bridgehead atoms. The fourth-order valence-corrected chi connectivity index (χ4v) is 2.18. The fraction of sp³-hybridized carbons (Fsp3) is 0.533. The molecule has 0 radical (unpaired) electrons. The van der Waals surface area contributed by atoms with Crippen LogP contribution in [0.2, 0.25) is 0 Å². The molecule has 104 valence electrons. The first-order valence-corrected chi connectivity index (χ1v) is 6.72. The lowest BCUT2D eigenvalue weighted by molar-refractivity contribution is -0.130. The second kappa shape index (κ2) is 6.06. The zero-order chi connectivity index (χ0) is 13.8. The van der Waals surface area contributed by atoms with Crippen LogP contribution >= 0.6 is 0 Å². The highest BCUT2D eigenvalue weighted by molar-refractivity contribution is 5.76. The minimum atomic E-state index is 0.0280. The van der Waals surface area contributed by atoms with Crippen molar-refractivity contribution < 1.29 is 9.53 Å². The minimum Gasteiger partial charge on any atom is -0.497 e. The molecule has 4 nitrogen and oxygen atoms in total. The lowest BCUT2D eigenvalue weighted by Crippen LogP contribution is -2.34. The van der Waals surface area contributed by atoms with Gasteiger partial charge in [0.15, 0.2) is 0 Å². The maximum Gasteiger partial charge on any atom is 0.224 e. The van der Waals surface area contributed by atoms with Gasteiger partial charge in [-0.1, -0.05) is 12.1 Å². The Morgan fingerprint density at radius 3 is 2.89 bits per heavy atom. The van der Waals surface area contributed by atoms with Crippen LogP contribution in [0.4, 0.5) is 0 Å². The van der Waals surface area contributed by atoms with Crippen LogP contribution in [0.15, 0.2) is 24.3 Å². The van der Waals surface area contributed by atoms with Crippen LogP contribution in [-0.2, 0) is 11.3 Å². The number of carbonyl (C=O) groups excluding carboxylic acids is 1. The van der Waals surface area contributed by atoms with Crippen molar-refractivity contribution in [3.63, 3.8) is 0 Å². The van der Waals surface area contributed by atoms with Crippen LogP contribution in [0, 0.1) is 5.92 Å². The number of rotatable bonds is 6. The Morgan fingerprint density at radius 1 is 1.53 bits per heavy atom. The highest BCUT2D eigenvalue weighted by atomic mass is 16.5. The van der Waals surface area contributed by atoms with Gasteiger partial charge in [0.1, 0.15) is 5.75 Å². The molecule has 0 heterocycles. The molecule has 1 aromatic carbocycles. The summed E-state index contributed by atoms with van der Waals surface area (Å²) in [5, 5.41) is 0. The van der Waals surface area contributed by atoms with Crippen molar-refractivity contribution in [3.8, 4) is 5.75 Å². The van der Waals surface area contributed by atoms with Gasteiger partial charge in [-0.3, -0.25) is 4.79 Å². The van der Waals surface area contributed by atoms with Gasteiger partial charge in [-0.15, -0.1) is 0 Å². The second-order valence-corrected chi connectivity index (χ2v) is 5.31. The van der Waals surface area contributed by atoms with E-state index in [1.165, 1.54) is 12.8 Å². The molecule has 2 rings (SSSR count). The Balaban J connectivity index is 1.88. The fourth-order valence-electron chi connectivity index (χ4n) is 2.18. The number of methoxy groups -OCH3 is 1. The van der Waals surface area contributed by atoms with Crippen molar-refractivity contribution in [1.82, 2.24) is 4.90 Å². The first-order chi connectivity index (χ1) is 9.10. The van der Waals surface area contributed by atoms with Crippen molar-refractivity contribution in [2.75, 3.05) is 14.2 Å². The topological polar surface area (TPSA) is 55.6 Å². The van der Waals surface area contributed by atoms with Crippen LogP contribution in [0.3, 0.4) is 0 Å². The van der Waals surface area contributed by atoms with Crippen LogP contribution in [0.5, 0.6) is 5.75 Å². The molecule has 2 N–H and O–H groups in total. The summed E-state index contributed by atoms with van der Waals surface area (Å²) in [4.78, 5) is 13.8. The maximum absolute atomic E-state index is 12.1. The molecule has 0 saturated heterocycles. The third-order valence-corrected chi connectivity index (χ3v) is 3.62. The summed E-state index contributed by atoms with van der Waals surface area (Å²) in [6.45, 7) is 0.591. The van der Waals surface area contributed by atoms with Gasteiger partial charge >= 0.3 is 0 Å². The van der Waals surface area contributed by atoms with Gasteiger partial charge in [0, 0.05) is 26.1 Å². The molecule has 1 aliphatic carbocycles. The maximum atomic E-state index is 12.1. The highest BCUT2D eigenvalue weighted by Crippen LogP contribution is 2.33. The zero-order valence-electron chi connectivity index (χ0n) is 11.6. The third-order valence-electron chi connectivity index (χ3n) is 3.62. The molecule has 1 aliphatic rings. The molecule has 0 aliphatic heterocycles. The van der Waals surface area contributed by atoms with E-state index < -0.39 is 0 Å². The van der Waals surface area contributed by atoms with E-state index in [0.29, 0.717) is 18.9 Å². The third kappa shape index (κ3) is 3.96. The van der Waals surface area contributed by atoms with Gasteiger partial charge in [-0.2, -0.15) is 0 Å². The average Bonchev–Trinajstić information content (AvgIpc) is 3.23. The molecular formula is C15H22N2O2. The van der Waals surface area contributed by atoms with E-state index in [1.807, 2.05) is 31.3 Å². The molecule has 1 aromatic rings.